The third-order valence-electron chi connectivity index (χ3n) is 8.27. The Balaban J connectivity index is 1.36. The van der Waals surface area contributed by atoms with Gasteiger partial charge in [0.25, 0.3) is 0 Å². The zero-order valence-electron chi connectivity index (χ0n) is 22.3. The van der Waals surface area contributed by atoms with E-state index in [4.69, 9.17) is 4.98 Å². The number of pyridine rings is 1. The van der Waals surface area contributed by atoms with Gasteiger partial charge < -0.3 is 10.2 Å². The van der Waals surface area contributed by atoms with E-state index in [-0.39, 0.29) is 12.8 Å². The fourth-order valence-electron chi connectivity index (χ4n) is 5.67. The first-order valence-electron chi connectivity index (χ1n) is 13.7. The average Bonchev–Trinajstić information content (AvgIpc) is 3.60. The van der Waals surface area contributed by atoms with Gasteiger partial charge in [0.1, 0.15) is 10.5 Å². The first kappa shape index (κ1) is 28.0. The number of rotatable bonds is 6. The number of amides is 1. The van der Waals surface area contributed by atoms with Crippen molar-refractivity contribution in [3.8, 4) is 27.1 Å². The van der Waals surface area contributed by atoms with Crippen molar-refractivity contribution in [1.82, 2.24) is 15.3 Å². The summed E-state index contributed by atoms with van der Waals surface area (Å²) in [5, 5.41) is 13.0. The molecule has 2 aliphatic carbocycles. The summed E-state index contributed by atoms with van der Waals surface area (Å²) < 4.78 is 49.3. The Labute approximate surface area is 242 Å². The van der Waals surface area contributed by atoms with Crippen molar-refractivity contribution in [3.63, 3.8) is 0 Å². The number of hydrogen-bond donors (Lipinski definition) is 3. The van der Waals surface area contributed by atoms with Crippen molar-refractivity contribution in [2.75, 3.05) is 29.5 Å². The Bertz CT molecular complexity index is 1460. The minimum Gasteiger partial charge on any atom is -0.368 e. The van der Waals surface area contributed by atoms with Gasteiger partial charge in [-0.2, -0.15) is 15.9 Å². The van der Waals surface area contributed by atoms with Crippen molar-refractivity contribution in [1.29, 1.82) is 5.26 Å². The predicted octanol–water partition coefficient (Wildman–Crippen LogP) is 6.13. The predicted molar refractivity (Wildman–Crippen MR) is 156 cm³/mol. The van der Waals surface area contributed by atoms with Gasteiger partial charge in [0, 0.05) is 55.5 Å². The van der Waals surface area contributed by atoms with Crippen molar-refractivity contribution in [2.45, 2.75) is 49.5 Å². The lowest BCUT2D eigenvalue weighted by Crippen LogP contribution is -2.45. The monoisotopic (exact) mass is 599 g/mol. The SMILES string of the molecule is N#CC1(NC(=O)[C@@H]2CC(F)(F)CC[C@H]2c2nc(-c3cccnc3)sc2-c2ccc(N3CCS(O)(O)CC3)cc2)CC1. The van der Waals surface area contributed by atoms with E-state index in [1.54, 1.807) is 12.4 Å². The molecule has 8 nitrogen and oxygen atoms in total. The number of hydrogen-bond acceptors (Lipinski definition) is 8. The second kappa shape index (κ2) is 10.6. The van der Waals surface area contributed by atoms with Gasteiger partial charge in [-0.3, -0.25) is 18.9 Å². The van der Waals surface area contributed by atoms with Gasteiger partial charge in [0.15, 0.2) is 0 Å². The molecular weight excluding hydrogens is 568 g/mol. The molecule has 12 heteroatoms. The van der Waals surface area contributed by atoms with Gasteiger partial charge in [0.05, 0.1) is 34.1 Å². The molecule has 41 heavy (non-hydrogen) atoms. The minimum absolute atomic E-state index is 0.103. The van der Waals surface area contributed by atoms with Crippen LogP contribution in [0.25, 0.3) is 21.0 Å². The summed E-state index contributed by atoms with van der Waals surface area (Å²) in [5.74, 6) is -4.35. The Hall–Kier alpha value is -3.11. The quantitative estimate of drug-likeness (QED) is 0.311. The highest BCUT2D eigenvalue weighted by Crippen LogP contribution is 2.50. The number of nitriles is 1. The molecule has 0 spiro atoms. The zero-order valence-corrected chi connectivity index (χ0v) is 23.9. The fraction of sp³-hybridized carbons (Fsp3) is 0.448. The lowest BCUT2D eigenvalue weighted by molar-refractivity contribution is -0.134. The van der Waals surface area contributed by atoms with Crippen LogP contribution in [0.2, 0.25) is 0 Å². The topological polar surface area (TPSA) is 122 Å². The highest BCUT2D eigenvalue weighted by Gasteiger charge is 2.51. The molecular formula is C29H31F2N5O3S2. The van der Waals surface area contributed by atoms with Crippen molar-refractivity contribution < 1.29 is 22.7 Å². The van der Waals surface area contributed by atoms with Crippen molar-refractivity contribution in [2.24, 2.45) is 5.92 Å². The van der Waals surface area contributed by atoms with Gasteiger partial charge in [0.2, 0.25) is 11.8 Å². The number of benzene rings is 1. The number of alkyl halides is 2. The lowest BCUT2D eigenvalue weighted by atomic mass is 9.74. The van der Waals surface area contributed by atoms with Crippen molar-refractivity contribution in [3.05, 3.63) is 54.5 Å². The van der Waals surface area contributed by atoms with Crippen LogP contribution in [-0.2, 0) is 4.79 Å². The van der Waals surface area contributed by atoms with E-state index < -0.39 is 46.2 Å². The molecule has 1 aliphatic heterocycles. The van der Waals surface area contributed by atoms with Gasteiger partial charge in [-0.25, -0.2) is 13.8 Å². The highest BCUT2D eigenvalue weighted by atomic mass is 32.3. The summed E-state index contributed by atoms with van der Waals surface area (Å²) in [6, 6.07) is 13.7. The number of nitrogens with one attached hydrogen (secondary N) is 1. The molecule has 6 rings (SSSR count). The number of halogens is 2. The first-order chi connectivity index (χ1) is 19.6. The molecule has 0 bridgehead atoms. The van der Waals surface area contributed by atoms with Crippen molar-refractivity contribution >= 4 is 33.5 Å². The molecule has 1 amide bonds. The second-order valence-corrected chi connectivity index (χ2v) is 14.6. The molecule has 1 aromatic carbocycles. The fourth-order valence-corrected chi connectivity index (χ4v) is 8.03. The first-order valence-corrected chi connectivity index (χ1v) is 16.4. The maximum absolute atomic E-state index is 14.7. The molecule has 3 aliphatic rings. The normalized spacial score (nSPS) is 25.1. The molecule has 2 aromatic heterocycles. The van der Waals surface area contributed by atoms with Crippen LogP contribution in [0.15, 0.2) is 48.8 Å². The Morgan fingerprint density at radius 3 is 2.49 bits per heavy atom. The molecule has 2 atom stereocenters. The van der Waals surface area contributed by atoms with Gasteiger partial charge in [-0.1, -0.05) is 12.1 Å². The second-order valence-electron chi connectivity index (χ2n) is 11.2. The summed E-state index contributed by atoms with van der Waals surface area (Å²) in [6.45, 7) is 1.10. The van der Waals surface area contributed by atoms with Crippen LogP contribution in [0.1, 0.15) is 43.7 Å². The van der Waals surface area contributed by atoms with Crippen LogP contribution >= 0.6 is 21.9 Å². The van der Waals surface area contributed by atoms with E-state index in [1.807, 2.05) is 36.4 Å². The van der Waals surface area contributed by atoms with Gasteiger partial charge >= 0.3 is 0 Å². The Morgan fingerprint density at radius 1 is 1.12 bits per heavy atom. The third kappa shape index (κ3) is 5.95. The average molecular weight is 600 g/mol. The third-order valence-corrected chi connectivity index (χ3v) is 11.1. The summed E-state index contributed by atoms with van der Waals surface area (Å²) in [5.41, 5.74) is 2.30. The van der Waals surface area contributed by atoms with E-state index >= 15 is 0 Å². The van der Waals surface area contributed by atoms with Crippen LogP contribution < -0.4 is 10.2 Å². The number of anilines is 1. The van der Waals surface area contributed by atoms with Crippen LogP contribution in [0.3, 0.4) is 0 Å². The molecule has 0 unspecified atom stereocenters. The number of nitrogens with zero attached hydrogens (tertiary/aromatic N) is 4. The van der Waals surface area contributed by atoms with E-state index in [1.165, 1.54) is 11.3 Å². The van der Waals surface area contributed by atoms with Crippen LogP contribution in [0, 0.1) is 17.2 Å². The number of thiazole rings is 1. The standard InChI is InChI=1S/C29H31F2N5O3S2/c30-29(31)8-7-22(23(16-29)26(37)35-28(18-32)9-10-28)24-25(40-27(34-24)20-2-1-11-33-17-20)19-3-5-21(6-4-19)36-12-14-41(38,39)15-13-36/h1-6,11,17,22-23,38-39H,7-10,12-16H2,(H,35,37)/t22-,23-/m1/s1. The summed E-state index contributed by atoms with van der Waals surface area (Å²) >= 11 is 1.45. The smallest absolute Gasteiger partial charge is 0.249 e. The number of aromatic nitrogens is 2. The molecule has 0 radical (unpaired) electrons. The summed E-state index contributed by atoms with van der Waals surface area (Å²) in [6.07, 6.45) is 3.61. The van der Waals surface area contributed by atoms with E-state index in [9.17, 15) is 27.9 Å². The largest absolute Gasteiger partial charge is 0.368 e. The molecule has 216 valence electrons. The maximum atomic E-state index is 14.7. The highest BCUT2D eigenvalue weighted by molar-refractivity contribution is 8.24. The Kier molecular flexibility index (Phi) is 7.26. The van der Waals surface area contributed by atoms with Crippen LogP contribution in [0.5, 0.6) is 0 Å². The molecule has 3 heterocycles. The van der Waals surface area contributed by atoms with Gasteiger partial charge in [-0.05, 0) is 49.1 Å². The molecule has 3 N–H and O–H groups in total. The molecule has 3 aromatic rings. The lowest BCUT2D eigenvalue weighted by Gasteiger charge is -2.41. The summed E-state index contributed by atoms with van der Waals surface area (Å²) in [7, 11) is -2.50. The van der Waals surface area contributed by atoms with E-state index in [0.717, 1.165) is 21.7 Å². The maximum Gasteiger partial charge on any atom is 0.249 e. The molecule has 3 fully saturated rings. The van der Waals surface area contributed by atoms with Gasteiger partial charge in [-0.15, -0.1) is 11.3 Å². The molecule has 2 saturated carbocycles. The van der Waals surface area contributed by atoms with Crippen LogP contribution in [-0.4, -0.2) is 61.0 Å². The Morgan fingerprint density at radius 2 is 1.85 bits per heavy atom. The number of carbonyl (C=O) groups is 1. The zero-order chi connectivity index (χ0) is 28.8. The number of carbonyl (C=O) groups excluding carboxylic acids is 1. The van der Waals surface area contributed by atoms with Crippen LogP contribution in [0.4, 0.5) is 14.5 Å². The van der Waals surface area contributed by atoms with E-state index in [0.29, 0.717) is 48.1 Å². The summed E-state index contributed by atoms with van der Waals surface area (Å²) in [4.78, 5) is 25.5. The minimum atomic E-state index is -2.97. The van der Waals surface area contributed by atoms with E-state index in [2.05, 4.69) is 21.3 Å². The molecule has 1 saturated heterocycles.